The number of rotatable bonds is 3. The average molecular weight is 358 g/mol. The van der Waals surface area contributed by atoms with Gasteiger partial charge in [0.15, 0.2) is 0 Å². The van der Waals surface area contributed by atoms with Crippen molar-refractivity contribution in [3.63, 3.8) is 0 Å². The second-order valence-electron chi connectivity index (χ2n) is 7.14. The van der Waals surface area contributed by atoms with Crippen molar-refractivity contribution in [1.82, 2.24) is 0 Å². The molecule has 0 bridgehead atoms. The van der Waals surface area contributed by atoms with E-state index >= 15 is 0 Å². The summed E-state index contributed by atoms with van der Waals surface area (Å²) in [6.07, 6.45) is 0.240. The first-order valence-corrected chi connectivity index (χ1v) is 9.20. The van der Waals surface area contributed by atoms with Crippen LogP contribution < -0.4 is 10.2 Å². The molecule has 2 amide bonds. The van der Waals surface area contributed by atoms with Crippen molar-refractivity contribution in [3.8, 4) is 0 Å². The smallest absolute Gasteiger partial charge is 0.229 e. The van der Waals surface area contributed by atoms with Gasteiger partial charge in [0.1, 0.15) is 0 Å². The number of amides is 2. The molecular weight excluding hydrogens is 336 g/mol. The number of carbonyl (C=O) groups is 2. The highest BCUT2D eigenvalue weighted by molar-refractivity contribution is 6.07. The minimum absolute atomic E-state index is 0.00164. The van der Waals surface area contributed by atoms with Crippen LogP contribution in [0, 0.1) is 19.8 Å². The summed E-state index contributed by atoms with van der Waals surface area (Å²) in [7, 11) is 0. The van der Waals surface area contributed by atoms with E-state index in [4.69, 9.17) is 0 Å². The lowest BCUT2D eigenvalue weighted by Crippen LogP contribution is -2.28. The highest BCUT2D eigenvalue weighted by Gasteiger charge is 2.35. The van der Waals surface area contributed by atoms with E-state index in [0.29, 0.717) is 6.54 Å². The molecule has 0 aromatic heterocycles. The normalized spacial score (nSPS) is 16.7. The number of aryl methyl sites for hydroxylation is 1. The predicted octanol–water partition coefficient (Wildman–Crippen LogP) is 4.45. The number of nitrogens with one attached hydrogen (secondary N) is 1. The van der Waals surface area contributed by atoms with E-state index in [0.717, 1.165) is 33.3 Å². The third kappa shape index (κ3) is 3.19. The average Bonchev–Trinajstić information content (AvgIpc) is 3.06. The van der Waals surface area contributed by atoms with E-state index in [1.54, 1.807) is 4.90 Å². The van der Waals surface area contributed by atoms with Crippen LogP contribution in [0.4, 0.5) is 11.4 Å². The van der Waals surface area contributed by atoms with Crippen molar-refractivity contribution in [2.75, 3.05) is 16.8 Å². The summed E-state index contributed by atoms with van der Waals surface area (Å²) in [5.41, 5.74) is 3.92. The first-order chi connectivity index (χ1) is 13.0. The minimum atomic E-state index is -0.351. The molecule has 3 aromatic carbocycles. The zero-order chi connectivity index (χ0) is 19.0. The van der Waals surface area contributed by atoms with Crippen molar-refractivity contribution in [3.05, 3.63) is 71.8 Å². The van der Waals surface area contributed by atoms with Crippen LogP contribution in [-0.2, 0) is 9.59 Å². The lowest BCUT2D eigenvalue weighted by Gasteiger charge is -2.20. The number of nitrogens with zero attached hydrogens (tertiary/aromatic N) is 1. The van der Waals surface area contributed by atoms with Crippen molar-refractivity contribution < 1.29 is 9.59 Å². The molecule has 1 saturated heterocycles. The van der Waals surface area contributed by atoms with Crippen LogP contribution in [-0.4, -0.2) is 18.4 Å². The Balaban J connectivity index is 1.55. The van der Waals surface area contributed by atoms with Crippen LogP contribution in [0.5, 0.6) is 0 Å². The zero-order valence-electron chi connectivity index (χ0n) is 15.5. The molecule has 136 valence electrons. The highest BCUT2D eigenvalue weighted by Crippen LogP contribution is 2.30. The molecule has 1 aliphatic heterocycles. The van der Waals surface area contributed by atoms with Crippen LogP contribution in [0.2, 0.25) is 0 Å². The Morgan fingerprint density at radius 1 is 1.00 bits per heavy atom. The Kier molecular flexibility index (Phi) is 4.40. The van der Waals surface area contributed by atoms with E-state index in [9.17, 15) is 9.59 Å². The molecule has 4 rings (SSSR count). The van der Waals surface area contributed by atoms with Crippen molar-refractivity contribution in [2.24, 2.45) is 5.92 Å². The fourth-order valence-corrected chi connectivity index (χ4v) is 3.71. The summed E-state index contributed by atoms with van der Waals surface area (Å²) >= 11 is 0. The largest absolute Gasteiger partial charge is 0.325 e. The summed E-state index contributed by atoms with van der Waals surface area (Å²) in [6, 6.07) is 19.7. The quantitative estimate of drug-likeness (QED) is 0.752. The topological polar surface area (TPSA) is 49.4 Å². The molecular formula is C23H22N2O2. The van der Waals surface area contributed by atoms with E-state index in [-0.39, 0.29) is 24.2 Å². The van der Waals surface area contributed by atoms with Crippen LogP contribution in [0.25, 0.3) is 10.8 Å². The third-order valence-electron chi connectivity index (χ3n) is 5.41. The number of fused-ring (bicyclic) bond motifs is 1. The van der Waals surface area contributed by atoms with Gasteiger partial charge in [-0.05, 0) is 42.5 Å². The number of hydrogen-bond acceptors (Lipinski definition) is 2. The second-order valence-corrected chi connectivity index (χ2v) is 7.14. The fraction of sp³-hybridized carbons (Fsp3) is 0.217. The molecule has 3 aromatic rings. The molecule has 0 radical (unpaired) electrons. The molecule has 1 aliphatic rings. The number of hydrogen-bond donors (Lipinski definition) is 1. The van der Waals surface area contributed by atoms with Gasteiger partial charge in [0.05, 0.1) is 5.92 Å². The molecule has 1 fully saturated rings. The molecule has 0 spiro atoms. The Bertz CT molecular complexity index is 1040. The standard InChI is InChI=1S/C23H22N2O2/c1-15-7-5-12-21(16(15)2)25-14-18(13-22(25)26)23(27)24-20-11-6-9-17-8-3-4-10-19(17)20/h3-12,18H,13-14H2,1-2H3,(H,24,27)/t18-/m1/s1. The number of benzene rings is 3. The molecule has 27 heavy (non-hydrogen) atoms. The van der Waals surface area contributed by atoms with Gasteiger partial charge in [-0.2, -0.15) is 0 Å². The summed E-state index contributed by atoms with van der Waals surface area (Å²) < 4.78 is 0. The predicted molar refractivity (Wildman–Crippen MR) is 109 cm³/mol. The maximum Gasteiger partial charge on any atom is 0.229 e. The summed E-state index contributed by atoms with van der Waals surface area (Å²) in [5, 5.41) is 5.11. The van der Waals surface area contributed by atoms with E-state index in [2.05, 4.69) is 5.32 Å². The lowest BCUT2D eigenvalue weighted by molar-refractivity contribution is -0.122. The van der Waals surface area contributed by atoms with Crippen LogP contribution in [0.1, 0.15) is 17.5 Å². The molecule has 0 aliphatic carbocycles. The Morgan fingerprint density at radius 2 is 1.74 bits per heavy atom. The fourth-order valence-electron chi connectivity index (χ4n) is 3.71. The second kappa shape index (κ2) is 6.88. The van der Waals surface area contributed by atoms with Crippen molar-refractivity contribution in [1.29, 1.82) is 0 Å². The van der Waals surface area contributed by atoms with Gasteiger partial charge < -0.3 is 10.2 Å². The van der Waals surface area contributed by atoms with Gasteiger partial charge in [-0.1, -0.05) is 48.5 Å². The maximum atomic E-state index is 12.8. The monoisotopic (exact) mass is 358 g/mol. The molecule has 1 atom stereocenters. The van der Waals surface area contributed by atoms with Gasteiger partial charge in [0, 0.05) is 29.7 Å². The highest BCUT2D eigenvalue weighted by atomic mass is 16.2. The Labute approximate surface area is 158 Å². The Hall–Kier alpha value is -3.14. The molecule has 1 N–H and O–H groups in total. The SMILES string of the molecule is Cc1cccc(N2C[C@H](C(=O)Nc3cccc4ccccc34)CC2=O)c1C. The van der Waals surface area contributed by atoms with Gasteiger partial charge >= 0.3 is 0 Å². The third-order valence-corrected chi connectivity index (χ3v) is 5.41. The van der Waals surface area contributed by atoms with E-state index in [1.807, 2.05) is 74.5 Å². The van der Waals surface area contributed by atoms with Crippen LogP contribution in [0.3, 0.4) is 0 Å². The van der Waals surface area contributed by atoms with Gasteiger partial charge in [0.2, 0.25) is 11.8 Å². The summed E-state index contributed by atoms with van der Waals surface area (Å²) in [4.78, 5) is 27.2. The number of anilines is 2. The summed E-state index contributed by atoms with van der Waals surface area (Å²) in [5.74, 6) is -0.453. The van der Waals surface area contributed by atoms with E-state index in [1.165, 1.54) is 0 Å². The van der Waals surface area contributed by atoms with Gasteiger partial charge in [-0.15, -0.1) is 0 Å². The lowest BCUT2D eigenvalue weighted by atomic mass is 10.1. The molecule has 4 nitrogen and oxygen atoms in total. The van der Waals surface area contributed by atoms with Gasteiger partial charge in [-0.3, -0.25) is 9.59 Å². The Morgan fingerprint density at radius 3 is 2.59 bits per heavy atom. The zero-order valence-corrected chi connectivity index (χ0v) is 15.5. The molecule has 4 heteroatoms. The van der Waals surface area contributed by atoms with Gasteiger partial charge in [0.25, 0.3) is 0 Å². The van der Waals surface area contributed by atoms with Crippen LogP contribution >= 0.6 is 0 Å². The first kappa shape index (κ1) is 17.3. The molecule has 1 heterocycles. The van der Waals surface area contributed by atoms with Gasteiger partial charge in [-0.25, -0.2) is 0 Å². The van der Waals surface area contributed by atoms with Crippen LogP contribution in [0.15, 0.2) is 60.7 Å². The van der Waals surface area contributed by atoms with Crippen molar-refractivity contribution in [2.45, 2.75) is 20.3 Å². The maximum absolute atomic E-state index is 12.8. The first-order valence-electron chi connectivity index (χ1n) is 9.20. The number of carbonyl (C=O) groups excluding carboxylic acids is 2. The van der Waals surface area contributed by atoms with E-state index < -0.39 is 0 Å². The minimum Gasteiger partial charge on any atom is -0.325 e. The molecule has 0 saturated carbocycles. The summed E-state index contributed by atoms with van der Waals surface area (Å²) in [6.45, 7) is 4.46. The molecule has 0 unspecified atom stereocenters. The van der Waals surface area contributed by atoms with Crippen molar-refractivity contribution >= 4 is 34.0 Å².